The Morgan fingerprint density at radius 2 is 2.24 bits per heavy atom. The van der Waals surface area contributed by atoms with E-state index in [1.807, 2.05) is 42.9 Å². The molecule has 0 radical (unpaired) electrons. The second-order valence-corrected chi connectivity index (χ2v) is 4.76. The van der Waals surface area contributed by atoms with E-state index in [1.54, 1.807) is 6.20 Å². The maximum absolute atomic E-state index is 9.37. The summed E-state index contributed by atoms with van der Waals surface area (Å²) in [4.78, 5) is 11.7. The quantitative estimate of drug-likeness (QED) is 0.751. The number of anilines is 1. The number of pyridine rings is 1. The monoisotopic (exact) mass is 278 g/mol. The van der Waals surface area contributed by atoms with Crippen molar-refractivity contribution in [2.45, 2.75) is 6.92 Å². The number of nitriles is 1. The molecule has 3 heterocycles. The first kappa shape index (κ1) is 12.9. The molecule has 0 fully saturated rings. The molecule has 0 spiro atoms. The van der Waals surface area contributed by atoms with Crippen molar-refractivity contribution in [2.24, 2.45) is 7.05 Å². The molecule has 0 aliphatic rings. The molecule has 0 aliphatic heterocycles. The number of nitrogens with two attached hydrogens (primary N) is 1. The molecule has 0 atom stereocenters. The summed E-state index contributed by atoms with van der Waals surface area (Å²) in [6, 6.07) is 7.79. The van der Waals surface area contributed by atoms with Crippen molar-refractivity contribution in [3.05, 3.63) is 42.0 Å². The summed E-state index contributed by atoms with van der Waals surface area (Å²) in [5.74, 6) is 1.09. The van der Waals surface area contributed by atoms with Gasteiger partial charge in [-0.2, -0.15) is 5.26 Å². The molecular weight excluding hydrogens is 264 g/mol. The molecule has 0 unspecified atom stereocenters. The van der Waals surface area contributed by atoms with Crippen LogP contribution in [0, 0.1) is 18.3 Å². The summed E-state index contributed by atoms with van der Waals surface area (Å²) in [5.41, 5.74) is 9.45. The lowest BCUT2D eigenvalue weighted by Gasteiger charge is -2.10. The number of aryl methyl sites for hydroxylation is 1. The number of aromatic nitrogens is 4. The molecule has 0 bridgehead atoms. The summed E-state index contributed by atoms with van der Waals surface area (Å²) in [5, 5.41) is 9.37. The van der Waals surface area contributed by atoms with E-state index in [0.717, 1.165) is 22.8 Å². The average molecular weight is 278 g/mol. The van der Waals surface area contributed by atoms with Crippen LogP contribution in [0.15, 0.2) is 30.6 Å². The number of rotatable bonds is 2. The van der Waals surface area contributed by atoms with Crippen LogP contribution >= 0.6 is 0 Å². The van der Waals surface area contributed by atoms with Crippen LogP contribution in [0.5, 0.6) is 0 Å². The Morgan fingerprint density at radius 3 is 2.81 bits per heavy atom. The number of H-pyrrole nitrogens is 1. The number of aromatic amines is 1. The van der Waals surface area contributed by atoms with E-state index in [9.17, 15) is 5.26 Å². The summed E-state index contributed by atoms with van der Waals surface area (Å²) < 4.78 is 1.92. The lowest BCUT2D eigenvalue weighted by atomic mass is 10.0. The van der Waals surface area contributed by atoms with Crippen molar-refractivity contribution in [3.63, 3.8) is 0 Å². The minimum Gasteiger partial charge on any atom is -0.383 e. The van der Waals surface area contributed by atoms with Crippen LogP contribution in [0.2, 0.25) is 0 Å². The minimum absolute atomic E-state index is 0.221. The van der Waals surface area contributed by atoms with Crippen molar-refractivity contribution >= 4 is 5.82 Å². The predicted molar refractivity (Wildman–Crippen MR) is 80.1 cm³/mol. The van der Waals surface area contributed by atoms with E-state index in [2.05, 4.69) is 21.0 Å². The van der Waals surface area contributed by atoms with Gasteiger partial charge in [0.1, 0.15) is 23.3 Å². The fourth-order valence-electron chi connectivity index (χ4n) is 2.26. The molecule has 0 aromatic carbocycles. The van der Waals surface area contributed by atoms with E-state index in [1.165, 1.54) is 0 Å². The van der Waals surface area contributed by atoms with Gasteiger partial charge in [0.05, 0.1) is 23.3 Å². The normalized spacial score (nSPS) is 10.5. The molecule has 3 aromatic rings. The maximum Gasteiger partial charge on any atom is 0.142 e. The third-order valence-electron chi connectivity index (χ3n) is 3.53. The van der Waals surface area contributed by atoms with Gasteiger partial charge in [0.25, 0.3) is 0 Å². The Morgan fingerprint density at radius 1 is 1.43 bits per heavy atom. The maximum atomic E-state index is 9.37. The van der Waals surface area contributed by atoms with Crippen molar-refractivity contribution in [2.75, 3.05) is 5.73 Å². The lowest BCUT2D eigenvalue weighted by molar-refractivity contribution is 0.864. The second kappa shape index (κ2) is 4.80. The van der Waals surface area contributed by atoms with Gasteiger partial charge in [-0.15, -0.1) is 0 Å². The second-order valence-electron chi connectivity index (χ2n) is 4.76. The molecule has 0 saturated heterocycles. The van der Waals surface area contributed by atoms with Crippen LogP contribution < -0.4 is 5.73 Å². The third kappa shape index (κ3) is 2.05. The Kier molecular flexibility index (Phi) is 2.95. The Hall–Kier alpha value is -3.07. The summed E-state index contributed by atoms with van der Waals surface area (Å²) >= 11 is 0. The van der Waals surface area contributed by atoms with Gasteiger partial charge in [0, 0.05) is 18.8 Å². The zero-order valence-electron chi connectivity index (χ0n) is 11.8. The molecule has 3 rings (SSSR count). The van der Waals surface area contributed by atoms with Gasteiger partial charge < -0.3 is 15.3 Å². The Bertz CT molecular complexity index is 836. The number of nitrogens with one attached hydrogen (secondary N) is 1. The highest BCUT2D eigenvalue weighted by molar-refractivity contribution is 5.77. The highest BCUT2D eigenvalue weighted by Crippen LogP contribution is 2.30. The third-order valence-corrected chi connectivity index (χ3v) is 3.53. The summed E-state index contributed by atoms with van der Waals surface area (Å²) in [7, 11) is 1.91. The van der Waals surface area contributed by atoms with E-state index in [4.69, 9.17) is 5.73 Å². The molecule has 6 heteroatoms. The van der Waals surface area contributed by atoms with Gasteiger partial charge in [0.2, 0.25) is 0 Å². The molecular formula is C15H14N6. The van der Waals surface area contributed by atoms with Crippen LogP contribution in [0.3, 0.4) is 0 Å². The standard InChI is InChI=1S/C15H14N6/c1-9-19-8-14(21(9)2)10-6-13(12-4-3-5-18-12)20-15(17)11(10)7-16/h3-6,8,18H,1-2H3,(H2,17,20). The first-order valence-corrected chi connectivity index (χ1v) is 6.45. The topological polar surface area (TPSA) is 96.3 Å². The van der Waals surface area contributed by atoms with Crippen molar-refractivity contribution < 1.29 is 0 Å². The predicted octanol–water partition coefficient (Wildman–Crippen LogP) is 2.24. The van der Waals surface area contributed by atoms with E-state index >= 15 is 0 Å². The smallest absolute Gasteiger partial charge is 0.142 e. The van der Waals surface area contributed by atoms with Gasteiger partial charge in [0.15, 0.2) is 0 Å². The first-order chi connectivity index (χ1) is 10.1. The molecule has 6 nitrogen and oxygen atoms in total. The van der Waals surface area contributed by atoms with Crippen LogP contribution in [0.4, 0.5) is 5.82 Å². The van der Waals surface area contributed by atoms with Crippen LogP contribution in [0.25, 0.3) is 22.6 Å². The zero-order valence-corrected chi connectivity index (χ0v) is 11.8. The SMILES string of the molecule is Cc1ncc(-c2cc(-c3ccc[nH]3)nc(N)c2C#N)n1C. The van der Waals surface area contributed by atoms with Gasteiger partial charge in [-0.1, -0.05) is 0 Å². The van der Waals surface area contributed by atoms with E-state index < -0.39 is 0 Å². The molecule has 0 saturated carbocycles. The molecule has 3 N–H and O–H groups in total. The molecule has 104 valence electrons. The van der Waals surface area contributed by atoms with E-state index in [-0.39, 0.29) is 5.82 Å². The Labute approximate surface area is 121 Å². The number of hydrogen-bond acceptors (Lipinski definition) is 4. The van der Waals surface area contributed by atoms with Gasteiger partial charge in [-0.3, -0.25) is 0 Å². The number of nitrogen functional groups attached to an aromatic ring is 1. The van der Waals surface area contributed by atoms with Crippen LogP contribution in [0.1, 0.15) is 11.4 Å². The summed E-state index contributed by atoms with van der Waals surface area (Å²) in [6.07, 6.45) is 3.56. The molecule has 3 aromatic heterocycles. The number of imidazole rings is 1. The fraction of sp³-hybridized carbons (Fsp3) is 0.133. The minimum atomic E-state index is 0.221. The number of hydrogen-bond donors (Lipinski definition) is 2. The highest BCUT2D eigenvalue weighted by Gasteiger charge is 2.16. The first-order valence-electron chi connectivity index (χ1n) is 6.45. The van der Waals surface area contributed by atoms with Gasteiger partial charge in [-0.25, -0.2) is 9.97 Å². The van der Waals surface area contributed by atoms with Gasteiger partial charge in [-0.05, 0) is 25.1 Å². The van der Waals surface area contributed by atoms with Crippen LogP contribution in [-0.4, -0.2) is 19.5 Å². The number of nitrogens with zero attached hydrogens (tertiary/aromatic N) is 4. The Balaban J connectivity index is 2.28. The molecule has 0 amide bonds. The molecule has 0 aliphatic carbocycles. The fourth-order valence-corrected chi connectivity index (χ4v) is 2.26. The van der Waals surface area contributed by atoms with Crippen molar-refractivity contribution in [1.29, 1.82) is 5.26 Å². The van der Waals surface area contributed by atoms with Crippen molar-refractivity contribution in [1.82, 2.24) is 19.5 Å². The highest BCUT2D eigenvalue weighted by atomic mass is 15.1. The summed E-state index contributed by atoms with van der Waals surface area (Å²) in [6.45, 7) is 1.91. The lowest BCUT2D eigenvalue weighted by Crippen LogP contribution is -2.02. The van der Waals surface area contributed by atoms with Crippen LogP contribution in [-0.2, 0) is 7.05 Å². The average Bonchev–Trinajstić information content (AvgIpc) is 3.10. The van der Waals surface area contributed by atoms with E-state index in [0.29, 0.717) is 11.3 Å². The molecule has 21 heavy (non-hydrogen) atoms. The zero-order chi connectivity index (χ0) is 15.0. The van der Waals surface area contributed by atoms with Gasteiger partial charge >= 0.3 is 0 Å². The van der Waals surface area contributed by atoms with Crippen molar-refractivity contribution in [3.8, 4) is 28.7 Å². The largest absolute Gasteiger partial charge is 0.383 e.